The van der Waals surface area contributed by atoms with Crippen molar-refractivity contribution in [1.29, 1.82) is 0 Å². The molecule has 3 heterocycles. The van der Waals surface area contributed by atoms with Crippen LogP contribution in [0.3, 0.4) is 0 Å². The fourth-order valence-electron chi connectivity index (χ4n) is 4.08. The van der Waals surface area contributed by atoms with Crippen molar-refractivity contribution >= 4 is 35.8 Å². The first kappa shape index (κ1) is 25.0. The molecule has 0 spiro atoms. The van der Waals surface area contributed by atoms with Crippen molar-refractivity contribution in [2.75, 3.05) is 25.0 Å². The average Bonchev–Trinajstić information content (AvgIpc) is 3.19. The second-order valence-electron chi connectivity index (χ2n) is 8.18. The number of pyridine rings is 1. The number of aliphatic imine (C=N–C) groups is 1. The molecule has 33 heavy (non-hydrogen) atoms. The van der Waals surface area contributed by atoms with Gasteiger partial charge in [-0.05, 0) is 47.7 Å². The number of benzene rings is 1. The van der Waals surface area contributed by atoms with E-state index in [0.29, 0.717) is 13.1 Å². The second-order valence-corrected chi connectivity index (χ2v) is 8.18. The third kappa shape index (κ3) is 7.45. The minimum absolute atomic E-state index is 0. The van der Waals surface area contributed by atoms with Gasteiger partial charge in [0.05, 0.1) is 6.54 Å². The molecule has 1 aliphatic rings. The summed E-state index contributed by atoms with van der Waals surface area (Å²) in [5.74, 6) is 1.87. The maximum Gasteiger partial charge on any atom is 0.191 e. The van der Waals surface area contributed by atoms with Crippen molar-refractivity contribution < 1.29 is 0 Å². The molecular weight excluding hydrogens is 525 g/mol. The molecular formula is C25H34IN7. The normalized spacial score (nSPS) is 14.3. The smallest absolute Gasteiger partial charge is 0.191 e. The van der Waals surface area contributed by atoms with Crippen LogP contribution in [0.5, 0.6) is 0 Å². The number of anilines is 1. The van der Waals surface area contributed by atoms with Gasteiger partial charge < -0.3 is 15.5 Å². The zero-order chi connectivity index (χ0) is 22.0. The lowest BCUT2D eigenvalue weighted by molar-refractivity contribution is 0.677. The standard InChI is InChI=1S/C25H33N7.HI/c1-26-25(29-19-22-9-4-5-10-23(22)20-32-16-8-12-30-32)28-18-21-11-13-27-24(17-21)31-14-6-2-3-7-15-31;/h4-5,8-13,16-17H,2-3,6-7,14-15,18-20H2,1H3,(H2,26,28,29);1H. The van der Waals surface area contributed by atoms with Gasteiger partial charge in [0, 0.05) is 51.8 Å². The zero-order valence-corrected chi connectivity index (χ0v) is 21.6. The summed E-state index contributed by atoms with van der Waals surface area (Å²) in [6.45, 7) is 4.37. The van der Waals surface area contributed by atoms with Crippen LogP contribution in [0, 0.1) is 0 Å². The van der Waals surface area contributed by atoms with Gasteiger partial charge in [0.15, 0.2) is 5.96 Å². The molecule has 0 atom stereocenters. The fraction of sp³-hybridized carbons (Fsp3) is 0.400. The van der Waals surface area contributed by atoms with Gasteiger partial charge in [-0.15, -0.1) is 24.0 Å². The molecule has 2 N–H and O–H groups in total. The van der Waals surface area contributed by atoms with Gasteiger partial charge in [0.2, 0.25) is 0 Å². The van der Waals surface area contributed by atoms with E-state index in [4.69, 9.17) is 0 Å². The van der Waals surface area contributed by atoms with E-state index >= 15 is 0 Å². The lowest BCUT2D eigenvalue weighted by atomic mass is 10.1. The van der Waals surface area contributed by atoms with Gasteiger partial charge in [0.1, 0.15) is 5.82 Å². The molecule has 7 nitrogen and oxygen atoms in total. The Hall–Kier alpha value is -2.62. The number of aromatic nitrogens is 3. The molecule has 2 aromatic heterocycles. The van der Waals surface area contributed by atoms with Gasteiger partial charge in [0.25, 0.3) is 0 Å². The molecule has 176 valence electrons. The largest absolute Gasteiger partial charge is 0.357 e. The minimum atomic E-state index is 0. The van der Waals surface area contributed by atoms with Crippen LogP contribution in [0.15, 0.2) is 66.0 Å². The minimum Gasteiger partial charge on any atom is -0.357 e. The first-order chi connectivity index (χ1) is 15.8. The first-order valence-corrected chi connectivity index (χ1v) is 11.5. The molecule has 0 aliphatic carbocycles. The highest BCUT2D eigenvalue weighted by Gasteiger charge is 2.11. The number of halogens is 1. The fourth-order valence-corrected chi connectivity index (χ4v) is 4.08. The molecule has 0 saturated carbocycles. The Labute approximate surface area is 213 Å². The van der Waals surface area contributed by atoms with Crippen LogP contribution >= 0.6 is 24.0 Å². The molecule has 1 saturated heterocycles. The molecule has 1 fully saturated rings. The zero-order valence-electron chi connectivity index (χ0n) is 19.3. The Morgan fingerprint density at radius 2 is 1.70 bits per heavy atom. The van der Waals surface area contributed by atoms with E-state index in [0.717, 1.165) is 31.4 Å². The lowest BCUT2D eigenvalue weighted by Gasteiger charge is -2.22. The molecule has 0 amide bonds. The molecule has 4 rings (SSSR count). The number of guanidine groups is 1. The Balaban J connectivity index is 0.00000306. The van der Waals surface area contributed by atoms with Crippen LogP contribution in [0.25, 0.3) is 0 Å². The van der Waals surface area contributed by atoms with E-state index in [2.05, 4.69) is 67.0 Å². The van der Waals surface area contributed by atoms with E-state index in [-0.39, 0.29) is 24.0 Å². The highest BCUT2D eigenvalue weighted by molar-refractivity contribution is 14.0. The highest BCUT2D eigenvalue weighted by Crippen LogP contribution is 2.18. The summed E-state index contributed by atoms with van der Waals surface area (Å²) in [4.78, 5) is 11.4. The van der Waals surface area contributed by atoms with Crippen molar-refractivity contribution in [2.24, 2.45) is 4.99 Å². The third-order valence-corrected chi connectivity index (χ3v) is 5.88. The lowest BCUT2D eigenvalue weighted by Crippen LogP contribution is -2.36. The topological polar surface area (TPSA) is 70.4 Å². The summed E-state index contributed by atoms with van der Waals surface area (Å²) in [6.07, 6.45) is 10.9. The average molecular weight is 560 g/mol. The Kier molecular flexibility index (Phi) is 9.99. The molecule has 0 bridgehead atoms. The number of rotatable bonds is 7. The maximum atomic E-state index is 4.61. The second kappa shape index (κ2) is 13.2. The van der Waals surface area contributed by atoms with Crippen LogP contribution in [0.4, 0.5) is 5.82 Å². The van der Waals surface area contributed by atoms with Crippen LogP contribution < -0.4 is 15.5 Å². The summed E-state index contributed by atoms with van der Waals surface area (Å²) < 4.78 is 1.94. The first-order valence-electron chi connectivity index (χ1n) is 11.5. The molecule has 1 aliphatic heterocycles. The van der Waals surface area contributed by atoms with E-state index in [1.165, 1.54) is 42.4 Å². The number of hydrogen-bond donors (Lipinski definition) is 2. The number of nitrogens with one attached hydrogen (secondary N) is 2. The number of nitrogens with zero attached hydrogens (tertiary/aromatic N) is 5. The summed E-state index contributed by atoms with van der Waals surface area (Å²) in [7, 11) is 1.81. The van der Waals surface area contributed by atoms with Gasteiger partial charge in [-0.25, -0.2) is 4.98 Å². The van der Waals surface area contributed by atoms with Crippen molar-refractivity contribution in [2.45, 2.75) is 45.3 Å². The van der Waals surface area contributed by atoms with Gasteiger partial charge in [-0.1, -0.05) is 37.1 Å². The summed E-state index contributed by atoms with van der Waals surface area (Å²) in [6, 6.07) is 14.7. The quantitative estimate of drug-likeness (QED) is 0.258. The third-order valence-electron chi connectivity index (χ3n) is 5.88. The van der Waals surface area contributed by atoms with E-state index in [1.807, 2.05) is 29.3 Å². The van der Waals surface area contributed by atoms with Crippen molar-refractivity contribution in [3.63, 3.8) is 0 Å². The summed E-state index contributed by atoms with van der Waals surface area (Å²) >= 11 is 0. The predicted octanol–water partition coefficient (Wildman–Crippen LogP) is 4.19. The Morgan fingerprint density at radius 1 is 0.939 bits per heavy atom. The summed E-state index contributed by atoms with van der Waals surface area (Å²) in [5.41, 5.74) is 3.69. The van der Waals surface area contributed by atoms with Crippen LogP contribution in [0.2, 0.25) is 0 Å². The van der Waals surface area contributed by atoms with Gasteiger partial charge in [-0.2, -0.15) is 5.10 Å². The Morgan fingerprint density at radius 3 is 2.42 bits per heavy atom. The molecule has 0 radical (unpaired) electrons. The molecule has 8 heteroatoms. The van der Waals surface area contributed by atoms with Crippen LogP contribution in [-0.4, -0.2) is 40.9 Å². The van der Waals surface area contributed by atoms with Gasteiger partial charge >= 0.3 is 0 Å². The van der Waals surface area contributed by atoms with Crippen molar-refractivity contribution in [1.82, 2.24) is 25.4 Å². The SMILES string of the molecule is CN=C(NCc1ccnc(N2CCCCCC2)c1)NCc1ccccc1Cn1cccn1.I. The van der Waals surface area contributed by atoms with E-state index in [9.17, 15) is 0 Å². The highest BCUT2D eigenvalue weighted by atomic mass is 127. The molecule has 3 aromatic rings. The van der Waals surface area contributed by atoms with Crippen molar-refractivity contribution in [3.05, 3.63) is 77.7 Å². The van der Waals surface area contributed by atoms with Crippen LogP contribution in [0.1, 0.15) is 42.4 Å². The van der Waals surface area contributed by atoms with Gasteiger partial charge in [-0.3, -0.25) is 9.67 Å². The molecule has 1 aromatic carbocycles. The van der Waals surface area contributed by atoms with Crippen LogP contribution in [-0.2, 0) is 19.6 Å². The summed E-state index contributed by atoms with van der Waals surface area (Å²) in [5, 5.41) is 11.2. The monoisotopic (exact) mass is 559 g/mol. The molecule has 0 unspecified atom stereocenters. The number of hydrogen-bond acceptors (Lipinski definition) is 4. The maximum absolute atomic E-state index is 4.61. The Bertz CT molecular complexity index is 996. The van der Waals surface area contributed by atoms with E-state index in [1.54, 1.807) is 7.05 Å². The predicted molar refractivity (Wildman–Crippen MR) is 145 cm³/mol. The van der Waals surface area contributed by atoms with E-state index < -0.39 is 0 Å². The van der Waals surface area contributed by atoms with Crippen molar-refractivity contribution in [3.8, 4) is 0 Å².